The monoisotopic (exact) mass is 408 g/mol. The van der Waals surface area contributed by atoms with E-state index in [1.165, 1.54) is 22.2 Å². The van der Waals surface area contributed by atoms with Gasteiger partial charge >= 0.3 is 0 Å². The van der Waals surface area contributed by atoms with Crippen LogP contribution in [0.25, 0.3) is 10.9 Å². The molecule has 1 atom stereocenters. The van der Waals surface area contributed by atoms with E-state index in [0.29, 0.717) is 23.2 Å². The molecule has 0 aliphatic carbocycles. The molecule has 3 heterocycles. The first-order valence-corrected chi connectivity index (χ1v) is 10.6. The van der Waals surface area contributed by atoms with Gasteiger partial charge in [0, 0.05) is 72.5 Å². The van der Waals surface area contributed by atoms with Crippen molar-refractivity contribution < 1.29 is 4.79 Å². The zero-order valence-electron chi connectivity index (χ0n) is 16.3. The maximum atomic E-state index is 12.3. The first-order valence-electron chi connectivity index (χ1n) is 10.3. The number of H-pyrrole nitrogens is 1. The van der Waals surface area contributed by atoms with Crippen LogP contribution in [-0.2, 0) is 13.0 Å². The second-order valence-corrected chi connectivity index (χ2v) is 8.46. The summed E-state index contributed by atoms with van der Waals surface area (Å²) in [6, 6.07) is 16.2. The molecule has 2 aliphatic rings. The Morgan fingerprint density at radius 3 is 2.83 bits per heavy atom. The second-order valence-electron chi connectivity index (χ2n) is 8.02. The fraction of sp³-hybridized carbons (Fsp3) is 0.348. The SMILES string of the molecule is O=C(NCCN1CCN2Cc3[nH]c4ccccc4c3C[C@H]2C1)c1ccc(Cl)cc1. The molecular formula is C23H25ClN4O. The molecule has 0 unspecified atom stereocenters. The third kappa shape index (κ3) is 3.78. The Kier molecular flexibility index (Phi) is 5.04. The highest BCUT2D eigenvalue weighted by molar-refractivity contribution is 6.30. The van der Waals surface area contributed by atoms with Gasteiger partial charge in [0.15, 0.2) is 0 Å². The normalized spacial score (nSPS) is 19.7. The molecule has 1 saturated heterocycles. The van der Waals surface area contributed by atoms with E-state index in [0.717, 1.165) is 39.1 Å². The van der Waals surface area contributed by atoms with Gasteiger partial charge in [-0.1, -0.05) is 29.8 Å². The Labute approximate surface area is 175 Å². The van der Waals surface area contributed by atoms with Gasteiger partial charge in [0.2, 0.25) is 0 Å². The van der Waals surface area contributed by atoms with Crippen molar-refractivity contribution in [2.45, 2.75) is 19.0 Å². The second kappa shape index (κ2) is 7.82. The van der Waals surface area contributed by atoms with E-state index in [4.69, 9.17) is 11.6 Å². The van der Waals surface area contributed by atoms with E-state index in [9.17, 15) is 4.79 Å². The molecule has 29 heavy (non-hydrogen) atoms. The van der Waals surface area contributed by atoms with E-state index < -0.39 is 0 Å². The number of aromatic amines is 1. The number of nitrogens with one attached hydrogen (secondary N) is 2. The highest BCUT2D eigenvalue weighted by Gasteiger charge is 2.33. The van der Waals surface area contributed by atoms with E-state index in [-0.39, 0.29) is 5.91 Å². The molecule has 1 fully saturated rings. The molecule has 0 spiro atoms. The number of nitrogens with zero attached hydrogens (tertiary/aromatic N) is 2. The van der Waals surface area contributed by atoms with E-state index in [1.807, 2.05) is 0 Å². The molecule has 0 bridgehead atoms. The molecule has 3 aromatic rings. The summed E-state index contributed by atoms with van der Waals surface area (Å²) in [5, 5.41) is 5.04. The van der Waals surface area contributed by atoms with E-state index >= 15 is 0 Å². The number of benzene rings is 2. The topological polar surface area (TPSA) is 51.4 Å². The summed E-state index contributed by atoms with van der Waals surface area (Å²) < 4.78 is 0. The fourth-order valence-corrected chi connectivity index (χ4v) is 4.78. The van der Waals surface area contributed by atoms with Gasteiger partial charge in [-0.25, -0.2) is 0 Å². The Balaban J connectivity index is 1.18. The Bertz CT molecular complexity index is 1030. The summed E-state index contributed by atoms with van der Waals surface area (Å²) in [6.45, 7) is 5.72. The number of rotatable bonds is 4. The number of amides is 1. The smallest absolute Gasteiger partial charge is 0.251 e. The summed E-state index contributed by atoms with van der Waals surface area (Å²) in [5.74, 6) is -0.0404. The first-order chi connectivity index (χ1) is 14.2. The van der Waals surface area contributed by atoms with Crippen molar-refractivity contribution in [2.24, 2.45) is 0 Å². The molecule has 2 aliphatic heterocycles. The fourth-order valence-electron chi connectivity index (χ4n) is 4.66. The lowest BCUT2D eigenvalue weighted by Crippen LogP contribution is -2.56. The highest BCUT2D eigenvalue weighted by Crippen LogP contribution is 2.31. The number of carbonyl (C=O) groups is 1. The maximum absolute atomic E-state index is 12.3. The Morgan fingerprint density at radius 1 is 1.14 bits per heavy atom. The van der Waals surface area contributed by atoms with E-state index in [2.05, 4.69) is 44.4 Å². The van der Waals surface area contributed by atoms with Crippen LogP contribution in [0.2, 0.25) is 5.02 Å². The van der Waals surface area contributed by atoms with Gasteiger partial charge < -0.3 is 10.3 Å². The molecule has 5 rings (SSSR count). The van der Waals surface area contributed by atoms with Crippen molar-refractivity contribution >= 4 is 28.4 Å². The van der Waals surface area contributed by atoms with Crippen LogP contribution >= 0.6 is 11.6 Å². The van der Waals surface area contributed by atoms with Crippen molar-refractivity contribution in [3.63, 3.8) is 0 Å². The number of para-hydroxylation sites is 1. The van der Waals surface area contributed by atoms with Crippen LogP contribution < -0.4 is 5.32 Å². The summed E-state index contributed by atoms with van der Waals surface area (Å²) in [5.41, 5.74) is 4.77. The predicted octanol–water partition coefficient (Wildman–Crippen LogP) is 3.29. The van der Waals surface area contributed by atoms with Crippen LogP contribution in [0.1, 0.15) is 21.6 Å². The minimum Gasteiger partial charge on any atom is -0.357 e. The molecule has 2 aromatic carbocycles. The van der Waals surface area contributed by atoms with Gasteiger partial charge in [-0.2, -0.15) is 0 Å². The number of aromatic nitrogens is 1. The number of halogens is 1. The number of piperazine rings is 1. The quantitative estimate of drug-likeness (QED) is 0.696. The average Bonchev–Trinajstić information content (AvgIpc) is 3.10. The van der Waals surface area contributed by atoms with Gasteiger partial charge in [0.1, 0.15) is 0 Å². The van der Waals surface area contributed by atoms with Crippen molar-refractivity contribution in [1.82, 2.24) is 20.1 Å². The van der Waals surface area contributed by atoms with Crippen LogP contribution in [0.3, 0.4) is 0 Å². The van der Waals surface area contributed by atoms with Crippen LogP contribution in [0.4, 0.5) is 0 Å². The zero-order valence-corrected chi connectivity index (χ0v) is 17.1. The number of hydrogen-bond acceptors (Lipinski definition) is 3. The van der Waals surface area contributed by atoms with Crippen molar-refractivity contribution in [3.8, 4) is 0 Å². The standard InChI is InChI=1S/C23H25ClN4O/c24-17-7-5-16(6-8-17)23(29)25-9-10-27-11-12-28-15-22-20(13-18(28)14-27)19-3-1-2-4-21(19)26-22/h1-8,18,26H,9-15H2,(H,25,29)/t18-/m0/s1. The Hall–Kier alpha value is -2.34. The molecule has 5 nitrogen and oxygen atoms in total. The van der Waals surface area contributed by atoms with Crippen LogP contribution in [0.15, 0.2) is 48.5 Å². The maximum Gasteiger partial charge on any atom is 0.251 e. The number of fused-ring (bicyclic) bond motifs is 4. The summed E-state index contributed by atoms with van der Waals surface area (Å²) >= 11 is 5.89. The average molecular weight is 409 g/mol. The van der Waals surface area contributed by atoms with Crippen LogP contribution in [0.5, 0.6) is 0 Å². The molecule has 0 saturated carbocycles. The van der Waals surface area contributed by atoms with Crippen molar-refractivity contribution in [1.29, 1.82) is 0 Å². The van der Waals surface area contributed by atoms with Gasteiger partial charge in [-0.3, -0.25) is 14.6 Å². The molecule has 1 amide bonds. The molecular weight excluding hydrogens is 384 g/mol. The van der Waals surface area contributed by atoms with Crippen LogP contribution in [0, 0.1) is 0 Å². The summed E-state index contributed by atoms with van der Waals surface area (Å²) in [6.07, 6.45) is 1.09. The summed E-state index contributed by atoms with van der Waals surface area (Å²) in [7, 11) is 0. The Morgan fingerprint density at radius 2 is 1.97 bits per heavy atom. The molecule has 150 valence electrons. The van der Waals surface area contributed by atoms with Gasteiger partial charge in [0.05, 0.1) is 0 Å². The van der Waals surface area contributed by atoms with Crippen molar-refractivity contribution in [3.05, 3.63) is 70.4 Å². The largest absolute Gasteiger partial charge is 0.357 e. The minimum atomic E-state index is -0.0404. The molecule has 0 radical (unpaired) electrons. The molecule has 6 heteroatoms. The molecule has 2 N–H and O–H groups in total. The number of hydrogen-bond donors (Lipinski definition) is 2. The zero-order chi connectivity index (χ0) is 19.8. The van der Waals surface area contributed by atoms with Crippen LogP contribution in [-0.4, -0.2) is 59.5 Å². The lowest BCUT2D eigenvalue weighted by atomic mass is 9.95. The van der Waals surface area contributed by atoms with Gasteiger partial charge in [0.25, 0.3) is 5.91 Å². The number of carbonyl (C=O) groups excluding carboxylic acids is 1. The third-order valence-electron chi connectivity index (χ3n) is 6.21. The minimum absolute atomic E-state index is 0.0404. The van der Waals surface area contributed by atoms with Crippen molar-refractivity contribution in [2.75, 3.05) is 32.7 Å². The van der Waals surface area contributed by atoms with E-state index in [1.54, 1.807) is 24.3 Å². The highest BCUT2D eigenvalue weighted by atomic mass is 35.5. The predicted molar refractivity (Wildman–Crippen MR) is 116 cm³/mol. The lowest BCUT2D eigenvalue weighted by molar-refractivity contribution is 0.0600. The third-order valence-corrected chi connectivity index (χ3v) is 6.46. The first kappa shape index (κ1) is 18.7. The lowest BCUT2D eigenvalue weighted by Gasteiger charge is -2.44. The van der Waals surface area contributed by atoms with Gasteiger partial charge in [-0.15, -0.1) is 0 Å². The van der Waals surface area contributed by atoms with Gasteiger partial charge in [-0.05, 0) is 42.3 Å². The summed E-state index contributed by atoms with van der Waals surface area (Å²) in [4.78, 5) is 21.0. The molecule has 1 aromatic heterocycles.